The number of hydrogen-bond donors (Lipinski definition) is 1. The van der Waals surface area contributed by atoms with Crippen molar-refractivity contribution in [3.63, 3.8) is 0 Å². The lowest BCUT2D eigenvalue weighted by Crippen LogP contribution is -2.62. The lowest BCUT2D eigenvalue weighted by molar-refractivity contribution is -0.156. The van der Waals surface area contributed by atoms with Gasteiger partial charge in [-0.3, -0.25) is 9.59 Å². The molecule has 1 saturated heterocycles. The number of likely N-dealkylation sites (tertiary alicyclic amines) is 1. The van der Waals surface area contributed by atoms with Crippen LogP contribution in [0.25, 0.3) is 0 Å². The zero-order valence-corrected chi connectivity index (χ0v) is 24.9. The molecule has 2 heterocycles. The number of aromatic nitrogens is 1. The summed E-state index contributed by atoms with van der Waals surface area (Å²) in [5.41, 5.74) is 1.66. The SMILES string of the molecule is CCCC(C)[C@]1(c2ccccc2)CC[C@@]2(CCC(C(C)CC(=O)NCc3cnco3)C(=O)N2CC2CCC2)CC1. The van der Waals surface area contributed by atoms with E-state index in [1.165, 1.54) is 44.1 Å². The number of oxazole rings is 1. The highest BCUT2D eigenvalue weighted by atomic mass is 16.3. The summed E-state index contributed by atoms with van der Waals surface area (Å²) in [5.74, 6) is 2.11. The summed E-state index contributed by atoms with van der Waals surface area (Å²) >= 11 is 0. The van der Waals surface area contributed by atoms with Crippen molar-refractivity contribution in [2.75, 3.05) is 6.54 Å². The molecule has 1 aromatic carbocycles. The molecule has 3 atom stereocenters. The molecule has 1 spiro atoms. The number of carbonyl (C=O) groups excluding carboxylic acids is 2. The maximum absolute atomic E-state index is 14.3. The minimum Gasteiger partial charge on any atom is -0.447 e. The van der Waals surface area contributed by atoms with E-state index in [9.17, 15) is 9.59 Å². The van der Waals surface area contributed by atoms with Crippen LogP contribution < -0.4 is 5.32 Å². The average Bonchev–Trinajstić information content (AvgIpc) is 3.46. The number of carbonyl (C=O) groups is 2. The van der Waals surface area contributed by atoms with E-state index >= 15 is 0 Å². The molecule has 2 saturated carbocycles. The molecule has 218 valence electrons. The predicted molar refractivity (Wildman–Crippen MR) is 157 cm³/mol. The summed E-state index contributed by atoms with van der Waals surface area (Å²) in [4.78, 5) is 33.3. The zero-order chi connectivity index (χ0) is 28.2. The summed E-state index contributed by atoms with van der Waals surface area (Å²) in [7, 11) is 0. The molecule has 0 bridgehead atoms. The Kier molecular flexibility index (Phi) is 9.01. The lowest BCUT2D eigenvalue weighted by Gasteiger charge is -2.58. The molecule has 1 aromatic heterocycles. The number of piperidine rings is 1. The molecule has 2 amide bonds. The van der Waals surface area contributed by atoms with E-state index in [0.29, 0.717) is 36.5 Å². The van der Waals surface area contributed by atoms with Crippen LogP contribution in [-0.2, 0) is 21.5 Å². The smallest absolute Gasteiger partial charge is 0.226 e. The van der Waals surface area contributed by atoms with Crippen LogP contribution in [0.2, 0.25) is 0 Å². The monoisotopic (exact) mass is 547 g/mol. The van der Waals surface area contributed by atoms with Crippen LogP contribution in [0.5, 0.6) is 0 Å². The first-order chi connectivity index (χ1) is 19.4. The van der Waals surface area contributed by atoms with Gasteiger partial charge in [0, 0.05) is 24.4 Å². The molecular weight excluding hydrogens is 498 g/mol. The summed E-state index contributed by atoms with van der Waals surface area (Å²) in [6.45, 7) is 8.08. The van der Waals surface area contributed by atoms with Crippen LogP contribution in [0, 0.1) is 23.7 Å². The topological polar surface area (TPSA) is 75.4 Å². The van der Waals surface area contributed by atoms with E-state index in [-0.39, 0.29) is 28.7 Å². The van der Waals surface area contributed by atoms with E-state index in [2.05, 4.69) is 66.3 Å². The van der Waals surface area contributed by atoms with Gasteiger partial charge >= 0.3 is 0 Å². The Hall–Kier alpha value is -2.63. The third kappa shape index (κ3) is 5.87. The van der Waals surface area contributed by atoms with E-state index in [4.69, 9.17) is 4.42 Å². The molecule has 6 nitrogen and oxygen atoms in total. The summed E-state index contributed by atoms with van der Waals surface area (Å²) in [6.07, 6.45) is 16.0. The Morgan fingerprint density at radius 2 is 1.85 bits per heavy atom. The van der Waals surface area contributed by atoms with Gasteiger partial charge in [-0.05, 0) is 80.1 Å². The van der Waals surface area contributed by atoms with Crippen LogP contribution in [0.3, 0.4) is 0 Å². The number of nitrogens with zero attached hydrogens (tertiary/aromatic N) is 2. The number of benzene rings is 1. The van der Waals surface area contributed by atoms with Crippen LogP contribution in [0.1, 0.15) is 109 Å². The van der Waals surface area contributed by atoms with Crippen molar-refractivity contribution < 1.29 is 14.0 Å². The van der Waals surface area contributed by atoms with Gasteiger partial charge in [-0.1, -0.05) is 70.4 Å². The summed E-state index contributed by atoms with van der Waals surface area (Å²) < 4.78 is 5.24. The average molecular weight is 548 g/mol. The Morgan fingerprint density at radius 1 is 1.10 bits per heavy atom. The van der Waals surface area contributed by atoms with Crippen LogP contribution in [0.4, 0.5) is 0 Å². The van der Waals surface area contributed by atoms with Gasteiger partial charge in [0.1, 0.15) is 5.76 Å². The number of rotatable bonds is 11. The van der Waals surface area contributed by atoms with Crippen molar-refractivity contribution in [2.45, 2.75) is 115 Å². The van der Waals surface area contributed by atoms with Crippen molar-refractivity contribution in [2.24, 2.45) is 23.7 Å². The minimum atomic E-state index is -0.0819. The normalized spacial score (nSPS) is 28.7. The van der Waals surface area contributed by atoms with Crippen LogP contribution in [0.15, 0.2) is 47.3 Å². The van der Waals surface area contributed by atoms with Gasteiger partial charge in [0.25, 0.3) is 0 Å². The van der Waals surface area contributed by atoms with Gasteiger partial charge in [-0.25, -0.2) is 4.98 Å². The van der Waals surface area contributed by atoms with Crippen molar-refractivity contribution in [3.05, 3.63) is 54.2 Å². The van der Waals surface area contributed by atoms with Crippen LogP contribution in [-0.4, -0.2) is 33.8 Å². The molecule has 3 fully saturated rings. The fraction of sp³-hybridized carbons (Fsp3) is 0.676. The molecule has 0 radical (unpaired) electrons. The lowest BCUT2D eigenvalue weighted by atomic mass is 9.56. The molecule has 5 rings (SSSR count). The third-order valence-electron chi connectivity index (χ3n) is 11.0. The number of amides is 2. The molecule has 2 aromatic rings. The fourth-order valence-electron chi connectivity index (χ4n) is 8.11. The van der Waals surface area contributed by atoms with E-state index in [0.717, 1.165) is 45.1 Å². The second-order valence-electron chi connectivity index (χ2n) is 13.3. The maximum Gasteiger partial charge on any atom is 0.226 e. The van der Waals surface area contributed by atoms with Gasteiger partial charge in [0.05, 0.1) is 12.7 Å². The third-order valence-corrected chi connectivity index (χ3v) is 11.0. The molecule has 3 unspecified atom stereocenters. The van der Waals surface area contributed by atoms with Crippen LogP contribution >= 0.6 is 0 Å². The quantitative estimate of drug-likeness (QED) is 0.327. The van der Waals surface area contributed by atoms with Crippen molar-refractivity contribution in [1.29, 1.82) is 0 Å². The highest BCUT2D eigenvalue weighted by molar-refractivity contribution is 5.82. The number of nitrogens with one attached hydrogen (secondary N) is 1. The fourth-order valence-corrected chi connectivity index (χ4v) is 8.11. The second-order valence-corrected chi connectivity index (χ2v) is 13.3. The predicted octanol–water partition coefficient (Wildman–Crippen LogP) is 7.04. The van der Waals surface area contributed by atoms with Gasteiger partial charge in [-0.15, -0.1) is 0 Å². The summed E-state index contributed by atoms with van der Waals surface area (Å²) in [6, 6.07) is 11.2. The molecule has 1 N–H and O–H groups in total. The Bertz CT molecular complexity index is 1100. The zero-order valence-electron chi connectivity index (χ0n) is 24.9. The molecule has 40 heavy (non-hydrogen) atoms. The molecule has 6 heteroatoms. The van der Waals surface area contributed by atoms with E-state index in [1.807, 2.05) is 0 Å². The second kappa shape index (κ2) is 12.5. The van der Waals surface area contributed by atoms with Gasteiger partial charge in [0.2, 0.25) is 11.8 Å². The van der Waals surface area contributed by atoms with Gasteiger partial charge < -0.3 is 14.6 Å². The Balaban J connectivity index is 1.30. The molecule has 1 aliphatic heterocycles. The molecule has 3 aliphatic rings. The standard InChI is InChI=1S/C34H49N3O3/c1-4-9-26(3)34(28-12-6-5-7-13-28)18-16-33(17-19-34)15-14-30(32(39)37(33)23-27-10-8-11-27)25(2)20-31(38)36-22-29-21-35-24-40-29/h5-7,12-13,21,24-27,30H,4,8-11,14-20,22-23H2,1-3H3,(H,36,38)/t25?,26?,30?,33-,34-. The maximum atomic E-state index is 14.3. The first-order valence-corrected chi connectivity index (χ1v) is 15.9. The molecule has 2 aliphatic carbocycles. The highest BCUT2D eigenvalue weighted by Crippen LogP contribution is 2.54. The van der Waals surface area contributed by atoms with Crippen molar-refractivity contribution in [1.82, 2.24) is 15.2 Å². The van der Waals surface area contributed by atoms with E-state index in [1.54, 1.807) is 6.20 Å². The Labute approximate surface area is 240 Å². The number of hydrogen-bond acceptors (Lipinski definition) is 4. The first-order valence-electron chi connectivity index (χ1n) is 15.9. The van der Waals surface area contributed by atoms with Gasteiger partial charge in [0.15, 0.2) is 6.39 Å². The minimum absolute atomic E-state index is 0.0139. The van der Waals surface area contributed by atoms with Crippen molar-refractivity contribution >= 4 is 11.8 Å². The summed E-state index contributed by atoms with van der Waals surface area (Å²) in [5, 5.41) is 2.94. The molecular formula is C34H49N3O3. The Morgan fingerprint density at radius 3 is 2.48 bits per heavy atom. The largest absolute Gasteiger partial charge is 0.447 e. The van der Waals surface area contributed by atoms with Gasteiger partial charge in [-0.2, -0.15) is 0 Å². The highest BCUT2D eigenvalue weighted by Gasteiger charge is 2.53. The van der Waals surface area contributed by atoms with E-state index < -0.39 is 0 Å². The van der Waals surface area contributed by atoms with Crippen molar-refractivity contribution in [3.8, 4) is 0 Å². The first kappa shape index (κ1) is 28.9.